The molecule has 0 fully saturated rings. The normalized spacial score (nSPS) is 10.8. The Kier molecular flexibility index (Phi) is 3.69. The smallest absolute Gasteiger partial charge is 0.307 e. The van der Waals surface area contributed by atoms with Crippen LogP contribution in [0.15, 0.2) is 53.1 Å². The largest absolute Gasteiger partial charge is 0.481 e. The number of carboxylic acids is 1. The lowest BCUT2D eigenvalue weighted by Crippen LogP contribution is -2.05. The summed E-state index contributed by atoms with van der Waals surface area (Å²) in [7, 11) is 0. The first-order valence-corrected chi connectivity index (χ1v) is 6.94. The first-order chi connectivity index (χ1) is 10.5. The average Bonchev–Trinajstić information content (AvgIpc) is 2.94. The summed E-state index contributed by atoms with van der Waals surface area (Å²) in [5.74, 6) is -1.18. The van der Waals surface area contributed by atoms with Gasteiger partial charge in [0.1, 0.15) is 5.58 Å². The molecule has 0 bridgehead atoms. The fraction of sp³-hybridized carbons (Fsp3) is 0.0588. The number of halogens is 1. The van der Waals surface area contributed by atoms with Crippen LogP contribution in [0.3, 0.4) is 0 Å². The Hall–Kier alpha value is -2.59. The van der Waals surface area contributed by atoms with E-state index in [0.717, 1.165) is 0 Å². The molecule has 2 aromatic carbocycles. The standard InChI is InChI=1S/C17H11ClO4/c18-13-3-1-11(2-4-13)16(21)14-8-10(9-15(19)20)7-12-5-6-22-17(12)14/h1-8H,9H2,(H,19,20). The number of hydrogen-bond acceptors (Lipinski definition) is 3. The molecule has 0 amide bonds. The van der Waals surface area contributed by atoms with Crippen molar-refractivity contribution in [3.63, 3.8) is 0 Å². The van der Waals surface area contributed by atoms with E-state index >= 15 is 0 Å². The maximum absolute atomic E-state index is 12.7. The van der Waals surface area contributed by atoms with Crippen LogP contribution in [-0.4, -0.2) is 16.9 Å². The third kappa shape index (κ3) is 2.73. The van der Waals surface area contributed by atoms with Crippen molar-refractivity contribution in [3.8, 4) is 0 Å². The van der Waals surface area contributed by atoms with Crippen LogP contribution < -0.4 is 0 Å². The number of carboxylic acid groups (broad SMARTS) is 1. The summed E-state index contributed by atoms with van der Waals surface area (Å²) in [6.07, 6.45) is 1.33. The highest BCUT2D eigenvalue weighted by Gasteiger charge is 2.17. The van der Waals surface area contributed by atoms with Gasteiger partial charge in [0.05, 0.1) is 18.2 Å². The summed E-state index contributed by atoms with van der Waals surface area (Å²) in [5, 5.41) is 10.2. The molecule has 3 rings (SSSR count). The number of ketones is 1. The lowest BCUT2D eigenvalue weighted by Gasteiger charge is -2.05. The summed E-state index contributed by atoms with van der Waals surface area (Å²) in [4.78, 5) is 23.6. The summed E-state index contributed by atoms with van der Waals surface area (Å²) in [6, 6.07) is 11.5. The van der Waals surface area contributed by atoms with Gasteiger partial charge < -0.3 is 9.52 Å². The van der Waals surface area contributed by atoms with Gasteiger partial charge in [0.15, 0.2) is 5.78 Å². The summed E-state index contributed by atoms with van der Waals surface area (Å²) >= 11 is 5.83. The van der Waals surface area contributed by atoms with E-state index in [1.54, 1.807) is 42.5 Å². The molecule has 4 nitrogen and oxygen atoms in total. The van der Waals surface area contributed by atoms with Gasteiger partial charge >= 0.3 is 5.97 Å². The van der Waals surface area contributed by atoms with Crippen molar-refractivity contribution >= 4 is 34.3 Å². The zero-order valence-corrected chi connectivity index (χ0v) is 12.1. The zero-order chi connectivity index (χ0) is 15.7. The SMILES string of the molecule is O=C(O)Cc1cc(C(=O)c2ccc(Cl)cc2)c2occc2c1. The van der Waals surface area contributed by atoms with Crippen LogP contribution in [0.1, 0.15) is 21.5 Å². The third-order valence-electron chi connectivity index (χ3n) is 3.32. The molecule has 1 N–H and O–H groups in total. The maximum Gasteiger partial charge on any atom is 0.307 e. The zero-order valence-electron chi connectivity index (χ0n) is 11.4. The molecular weight excluding hydrogens is 304 g/mol. The second-order valence-electron chi connectivity index (χ2n) is 4.89. The summed E-state index contributed by atoms with van der Waals surface area (Å²) in [5.41, 5.74) is 1.82. The molecule has 0 radical (unpaired) electrons. The van der Waals surface area contributed by atoms with Crippen molar-refractivity contribution < 1.29 is 19.1 Å². The van der Waals surface area contributed by atoms with Crippen molar-refractivity contribution in [2.45, 2.75) is 6.42 Å². The van der Waals surface area contributed by atoms with Crippen LogP contribution in [0.25, 0.3) is 11.0 Å². The van der Waals surface area contributed by atoms with E-state index in [1.165, 1.54) is 6.26 Å². The Bertz CT molecular complexity index is 862. The average molecular weight is 315 g/mol. The quantitative estimate of drug-likeness (QED) is 0.740. The fourth-order valence-electron chi connectivity index (χ4n) is 2.35. The van der Waals surface area contributed by atoms with Crippen molar-refractivity contribution in [2.24, 2.45) is 0 Å². The highest BCUT2D eigenvalue weighted by molar-refractivity contribution is 6.30. The topological polar surface area (TPSA) is 67.5 Å². The highest BCUT2D eigenvalue weighted by atomic mass is 35.5. The van der Waals surface area contributed by atoms with Crippen molar-refractivity contribution in [2.75, 3.05) is 0 Å². The second kappa shape index (κ2) is 5.66. The lowest BCUT2D eigenvalue weighted by atomic mass is 9.98. The summed E-state index contributed by atoms with van der Waals surface area (Å²) in [6.45, 7) is 0. The third-order valence-corrected chi connectivity index (χ3v) is 3.57. The number of hydrogen-bond donors (Lipinski definition) is 1. The van der Waals surface area contributed by atoms with E-state index in [9.17, 15) is 9.59 Å². The molecule has 3 aromatic rings. The van der Waals surface area contributed by atoms with E-state index in [-0.39, 0.29) is 12.2 Å². The molecule has 0 atom stereocenters. The summed E-state index contributed by atoms with van der Waals surface area (Å²) < 4.78 is 5.38. The molecule has 110 valence electrons. The molecule has 0 unspecified atom stereocenters. The van der Waals surface area contributed by atoms with Gasteiger partial charge in [-0.1, -0.05) is 11.6 Å². The molecule has 0 aliphatic rings. The Morgan fingerprint density at radius 1 is 1.09 bits per heavy atom. The van der Waals surface area contributed by atoms with Crippen LogP contribution in [-0.2, 0) is 11.2 Å². The number of rotatable bonds is 4. The van der Waals surface area contributed by atoms with Crippen molar-refractivity contribution in [3.05, 3.63) is 70.4 Å². The molecule has 5 heteroatoms. The first kappa shape index (κ1) is 14.4. The monoisotopic (exact) mass is 314 g/mol. The molecule has 22 heavy (non-hydrogen) atoms. The van der Waals surface area contributed by atoms with Gasteiger partial charge in [-0.15, -0.1) is 0 Å². The first-order valence-electron chi connectivity index (χ1n) is 6.57. The minimum Gasteiger partial charge on any atom is -0.481 e. The minimum absolute atomic E-state index is 0.151. The van der Waals surface area contributed by atoms with E-state index in [1.807, 2.05) is 0 Å². The van der Waals surface area contributed by atoms with Crippen LogP contribution in [0.2, 0.25) is 5.02 Å². The number of benzene rings is 2. The van der Waals surface area contributed by atoms with E-state index < -0.39 is 5.97 Å². The van der Waals surface area contributed by atoms with Gasteiger partial charge in [-0.3, -0.25) is 9.59 Å². The molecule has 0 aliphatic heterocycles. The second-order valence-corrected chi connectivity index (χ2v) is 5.33. The lowest BCUT2D eigenvalue weighted by molar-refractivity contribution is -0.136. The molecule has 0 aliphatic carbocycles. The number of furan rings is 1. The van der Waals surface area contributed by atoms with E-state index in [4.69, 9.17) is 21.1 Å². The highest BCUT2D eigenvalue weighted by Crippen LogP contribution is 2.25. The maximum atomic E-state index is 12.7. The molecule has 0 saturated carbocycles. The van der Waals surface area contributed by atoms with Gasteiger partial charge in [-0.05, 0) is 48.0 Å². The minimum atomic E-state index is -0.951. The van der Waals surface area contributed by atoms with Crippen molar-refractivity contribution in [1.82, 2.24) is 0 Å². The molecule has 0 spiro atoms. The van der Waals surface area contributed by atoms with E-state index in [0.29, 0.717) is 32.7 Å². The van der Waals surface area contributed by atoms with Gasteiger partial charge in [0.2, 0.25) is 0 Å². The number of aliphatic carboxylic acids is 1. The Labute approximate surface area is 130 Å². The van der Waals surface area contributed by atoms with Crippen molar-refractivity contribution in [1.29, 1.82) is 0 Å². The van der Waals surface area contributed by atoms with Gasteiger partial charge in [-0.2, -0.15) is 0 Å². The van der Waals surface area contributed by atoms with Crippen LogP contribution in [0, 0.1) is 0 Å². The number of carbonyl (C=O) groups excluding carboxylic acids is 1. The Morgan fingerprint density at radius 3 is 2.50 bits per heavy atom. The predicted octanol–water partition coefficient (Wildman–Crippen LogP) is 3.94. The number of carbonyl (C=O) groups is 2. The van der Waals surface area contributed by atoms with Crippen LogP contribution in [0.5, 0.6) is 0 Å². The molecule has 1 aromatic heterocycles. The predicted molar refractivity (Wildman–Crippen MR) is 82.4 cm³/mol. The van der Waals surface area contributed by atoms with Gasteiger partial charge in [0.25, 0.3) is 0 Å². The van der Waals surface area contributed by atoms with Crippen LogP contribution in [0.4, 0.5) is 0 Å². The molecular formula is C17H11ClO4. The molecule has 0 saturated heterocycles. The number of fused-ring (bicyclic) bond motifs is 1. The van der Waals surface area contributed by atoms with Crippen LogP contribution >= 0.6 is 11.6 Å². The van der Waals surface area contributed by atoms with Gasteiger partial charge in [-0.25, -0.2) is 0 Å². The Balaban J connectivity index is 2.11. The van der Waals surface area contributed by atoms with Gasteiger partial charge in [0, 0.05) is 16.0 Å². The fourth-order valence-corrected chi connectivity index (χ4v) is 2.47. The van der Waals surface area contributed by atoms with E-state index in [2.05, 4.69) is 0 Å². The Morgan fingerprint density at radius 2 is 1.82 bits per heavy atom. The molecule has 1 heterocycles.